The van der Waals surface area contributed by atoms with Crippen LogP contribution in [0.1, 0.15) is 13.3 Å². The SMILES string of the molecule is CC(CN1CCOCC1)NCCCOCC(F)(F)F. The molecule has 7 heteroatoms. The first kappa shape index (κ1) is 16.7. The molecule has 0 amide bonds. The monoisotopic (exact) mass is 284 g/mol. The van der Waals surface area contributed by atoms with Crippen LogP contribution in [0.5, 0.6) is 0 Å². The highest BCUT2D eigenvalue weighted by atomic mass is 19.4. The lowest BCUT2D eigenvalue weighted by molar-refractivity contribution is -0.173. The van der Waals surface area contributed by atoms with Gasteiger partial charge in [-0.05, 0) is 19.9 Å². The molecule has 4 nitrogen and oxygen atoms in total. The molecule has 0 saturated carbocycles. The van der Waals surface area contributed by atoms with E-state index in [1.54, 1.807) is 0 Å². The molecule has 1 fully saturated rings. The van der Waals surface area contributed by atoms with Gasteiger partial charge in [-0.2, -0.15) is 13.2 Å². The lowest BCUT2D eigenvalue weighted by atomic mass is 10.2. The van der Waals surface area contributed by atoms with E-state index in [9.17, 15) is 13.2 Å². The molecular weight excluding hydrogens is 261 g/mol. The van der Waals surface area contributed by atoms with E-state index >= 15 is 0 Å². The molecule has 1 atom stereocenters. The van der Waals surface area contributed by atoms with Gasteiger partial charge in [0, 0.05) is 32.3 Å². The van der Waals surface area contributed by atoms with Crippen LogP contribution in [-0.2, 0) is 9.47 Å². The second-order valence-corrected chi connectivity index (χ2v) is 4.79. The third-order valence-corrected chi connectivity index (χ3v) is 2.86. The molecule has 1 rings (SSSR count). The fourth-order valence-corrected chi connectivity index (χ4v) is 1.95. The van der Waals surface area contributed by atoms with Crippen molar-refractivity contribution in [1.82, 2.24) is 10.2 Å². The normalized spacial score (nSPS) is 19.6. The van der Waals surface area contributed by atoms with E-state index in [2.05, 4.69) is 21.9 Å². The maximum atomic E-state index is 11.8. The van der Waals surface area contributed by atoms with Crippen molar-refractivity contribution in [2.24, 2.45) is 0 Å². The molecule has 0 radical (unpaired) electrons. The molecule has 0 spiro atoms. The lowest BCUT2D eigenvalue weighted by Gasteiger charge is -2.29. The summed E-state index contributed by atoms with van der Waals surface area (Å²) in [7, 11) is 0. The Bertz CT molecular complexity index is 234. The Morgan fingerprint density at radius 1 is 1.32 bits per heavy atom. The zero-order chi connectivity index (χ0) is 14.1. The summed E-state index contributed by atoms with van der Waals surface area (Å²) >= 11 is 0. The molecule has 1 saturated heterocycles. The summed E-state index contributed by atoms with van der Waals surface area (Å²) in [5.74, 6) is 0. The van der Waals surface area contributed by atoms with Crippen LogP contribution >= 0.6 is 0 Å². The quantitative estimate of drug-likeness (QED) is 0.681. The standard InChI is InChI=1S/C12H23F3N2O2/c1-11(9-17-4-7-18-8-5-17)16-3-2-6-19-10-12(13,14)15/h11,16H,2-10H2,1H3. The average molecular weight is 284 g/mol. The van der Waals surface area contributed by atoms with Crippen LogP contribution in [0.2, 0.25) is 0 Å². The Labute approximate surface area is 112 Å². The van der Waals surface area contributed by atoms with Crippen molar-refractivity contribution in [2.75, 3.05) is 52.6 Å². The van der Waals surface area contributed by atoms with Crippen molar-refractivity contribution in [3.8, 4) is 0 Å². The second kappa shape index (κ2) is 8.73. The Balaban J connectivity index is 1.93. The molecule has 0 aliphatic carbocycles. The van der Waals surface area contributed by atoms with Gasteiger partial charge < -0.3 is 14.8 Å². The van der Waals surface area contributed by atoms with Crippen LogP contribution in [0.15, 0.2) is 0 Å². The number of nitrogens with zero attached hydrogens (tertiary/aromatic N) is 1. The number of alkyl halides is 3. The summed E-state index contributed by atoms with van der Waals surface area (Å²) in [6.07, 6.45) is -3.64. The van der Waals surface area contributed by atoms with Crippen LogP contribution in [0.4, 0.5) is 13.2 Å². The number of hydrogen-bond acceptors (Lipinski definition) is 4. The molecule has 1 heterocycles. The van der Waals surface area contributed by atoms with Crippen molar-refractivity contribution in [1.29, 1.82) is 0 Å². The predicted octanol–water partition coefficient (Wildman–Crippen LogP) is 1.27. The first-order valence-electron chi connectivity index (χ1n) is 6.65. The van der Waals surface area contributed by atoms with Gasteiger partial charge in [0.2, 0.25) is 0 Å². The lowest BCUT2D eigenvalue weighted by Crippen LogP contribution is -2.44. The highest BCUT2D eigenvalue weighted by Crippen LogP contribution is 2.14. The first-order valence-corrected chi connectivity index (χ1v) is 6.65. The third kappa shape index (κ3) is 9.21. The minimum atomic E-state index is -4.23. The van der Waals surface area contributed by atoms with Crippen molar-refractivity contribution < 1.29 is 22.6 Å². The van der Waals surface area contributed by atoms with E-state index in [1.807, 2.05) is 0 Å². The molecule has 19 heavy (non-hydrogen) atoms. The Kier molecular flexibility index (Phi) is 7.67. The van der Waals surface area contributed by atoms with Crippen LogP contribution in [0.25, 0.3) is 0 Å². The molecule has 1 aliphatic rings. The number of halogens is 3. The van der Waals surface area contributed by atoms with Crippen LogP contribution < -0.4 is 5.32 Å². The smallest absolute Gasteiger partial charge is 0.379 e. The van der Waals surface area contributed by atoms with Crippen molar-refractivity contribution in [2.45, 2.75) is 25.6 Å². The zero-order valence-corrected chi connectivity index (χ0v) is 11.3. The van der Waals surface area contributed by atoms with Gasteiger partial charge in [-0.25, -0.2) is 0 Å². The van der Waals surface area contributed by atoms with E-state index in [-0.39, 0.29) is 6.61 Å². The van der Waals surface area contributed by atoms with Crippen molar-refractivity contribution in [3.05, 3.63) is 0 Å². The van der Waals surface area contributed by atoms with E-state index < -0.39 is 12.8 Å². The van der Waals surface area contributed by atoms with Crippen LogP contribution in [0.3, 0.4) is 0 Å². The van der Waals surface area contributed by atoms with Gasteiger partial charge in [-0.3, -0.25) is 4.90 Å². The maximum Gasteiger partial charge on any atom is 0.411 e. The number of rotatable bonds is 8. The molecule has 0 aromatic carbocycles. The van der Waals surface area contributed by atoms with Gasteiger partial charge in [0.15, 0.2) is 0 Å². The Morgan fingerprint density at radius 3 is 2.63 bits per heavy atom. The fraction of sp³-hybridized carbons (Fsp3) is 1.00. The largest absolute Gasteiger partial charge is 0.411 e. The number of nitrogens with one attached hydrogen (secondary N) is 1. The Hall–Kier alpha value is -0.370. The highest BCUT2D eigenvalue weighted by molar-refractivity contribution is 4.69. The summed E-state index contributed by atoms with van der Waals surface area (Å²) < 4.78 is 45.2. The number of ether oxygens (including phenoxy) is 2. The molecule has 0 bridgehead atoms. The van der Waals surface area contributed by atoms with Gasteiger partial charge in [0.25, 0.3) is 0 Å². The van der Waals surface area contributed by atoms with Crippen LogP contribution in [-0.4, -0.2) is 69.7 Å². The number of morpholine rings is 1. The fourth-order valence-electron chi connectivity index (χ4n) is 1.95. The molecule has 0 aromatic rings. The van der Waals surface area contributed by atoms with Gasteiger partial charge in [0.05, 0.1) is 13.2 Å². The van der Waals surface area contributed by atoms with E-state index in [1.165, 1.54) is 0 Å². The molecule has 0 aromatic heterocycles. The van der Waals surface area contributed by atoms with Crippen LogP contribution in [0, 0.1) is 0 Å². The van der Waals surface area contributed by atoms with Crippen molar-refractivity contribution >= 4 is 0 Å². The molecular formula is C12H23F3N2O2. The second-order valence-electron chi connectivity index (χ2n) is 4.79. The van der Waals surface area contributed by atoms with Gasteiger partial charge >= 0.3 is 6.18 Å². The van der Waals surface area contributed by atoms with Gasteiger partial charge in [0.1, 0.15) is 6.61 Å². The Morgan fingerprint density at radius 2 is 2.00 bits per heavy atom. The van der Waals surface area contributed by atoms with E-state index in [0.29, 0.717) is 19.0 Å². The summed E-state index contributed by atoms with van der Waals surface area (Å²) in [6.45, 7) is 6.10. The summed E-state index contributed by atoms with van der Waals surface area (Å²) in [6, 6.07) is 0.320. The molecule has 1 N–H and O–H groups in total. The third-order valence-electron chi connectivity index (χ3n) is 2.86. The topological polar surface area (TPSA) is 33.7 Å². The van der Waals surface area contributed by atoms with Crippen molar-refractivity contribution in [3.63, 3.8) is 0 Å². The zero-order valence-electron chi connectivity index (χ0n) is 11.3. The summed E-state index contributed by atoms with van der Waals surface area (Å²) in [5, 5.41) is 3.28. The average Bonchev–Trinajstić information content (AvgIpc) is 2.33. The summed E-state index contributed by atoms with van der Waals surface area (Å²) in [4.78, 5) is 2.32. The highest BCUT2D eigenvalue weighted by Gasteiger charge is 2.27. The minimum Gasteiger partial charge on any atom is -0.379 e. The van der Waals surface area contributed by atoms with Gasteiger partial charge in [-0.1, -0.05) is 0 Å². The molecule has 114 valence electrons. The van der Waals surface area contributed by atoms with E-state index in [0.717, 1.165) is 32.8 Å². The first-order chi connectivity index (χ1) is 8.97. The van der Waals surface area contributed by atoms with E-state index in [4.69, 9.17) is 4.74 Å². The molecule has 1 unspecified atom stereocenters. The maximum absolute atomic E-state index is 11.8. The summed E-state index contributed by atoms with van der Waals surface area (Å²) in [5.41, 5.74) is 0. The van der Waals surface area contributed by atoms with Gasteiger partial charge in [-0.15, -0.1) is 0 Å². The number of hydrogen-bond donors (Lipinski definition) is 1. The predicted molar refractivity (Wildman–Crippen MR) is 66.2 cm³/mol. The molecule has 1 aliphatic heterocycles. The minimum absolute atomic E-state index is 0.136.